The zero-order valence-corrected chi connectivity index (χ0v) is 9.70. The van der Waals surface area contributed by atoms with E-state index in [-0.39, 0.29) is 21.5 Å². The molecule has 0 radical (unpaired) electrons. The van der Waals surface area contributed by atoms with E-state index < -0.39 is 4.92 Å². The molecule has 0 fully saturated rings. The molecule has 0 aliphatic carbocycles. The van der Waals surface area contributed by atoms with E-state index in [0.717, 1.165) is 0 Å². The minimum atomic E-state index is -0.560. The van der Waals surface area contributed by atoms with E-state index >= 15 is 0 Å². The molecule has 0 atom stereocenters. The van der Waals surface area contributed by atoms with E-state index in [4.69, 9.17) is 4.74 Å². The van der Waals surface area contributed by atoms with Crippen LogP contribution < -0.4 is 4.74 Å². The summed E-state index contributed by atoms with van der Waals surface area (Å²) in [6.07, 6.45) is 0. The minimum absolute atomic E-state index is 0.152. The van der Waals surface area contributed by atoms with Crippen molar-refractivity contribution in [2.75, 3.05) is 7.11 Å². The Balaban J connectivity index is 3.49. The van der Waals surface area contributed by atoms with Crippen molar-refractivity contribution in [3.05, 3.63) is 32.3 Å². The Bertz CT molecular complexity index is 430. The van der Waals surface area contributed by atoms with Crippen molar-refractivity contribution in [2.24, 2.45) is 0 Å². The van der Waals surface area contributed by atoms with Crippen LogP contribution >= 0.6 is 15.9 Å². The number of hydrogen-bond acceptors (Lipinski definition) is 4. The molecule has 15 heavy (non-hydrogen) atoms. The Morgan fingerprint density at radius 2 is 2.13 bits per heavy atom. The summed E-state index contributed by atoms with van der Waals surface area (Å²) < 4.78 is 5.10. The van der Waals surface area contributed by atoms with Gasteiger partial charge in [-0.1, -0.05) is 0 Å². The van der Waals surface area contributed by atoms with Crippen LogP contribution in [0.4, 0.5) is 5.69 Å². The SMILES string of the molecule is COc1ccc([N+](=O)[O-])c(Br)c1C(C)=O. The molecular formula is C9H8BrNO4. The smallest absolute Gasteiger partial charge is 0.284 e. The Morgan fingerprint density at radius 3 is 2.53 bits per heavy atom. The number of ketones is 1. The van der Waals surface area contributed by atoms with Crippen LogP contribution in [0.2, 0.25) is 0 Å². The molecule has 0 saturated heterocycles. The highest BCUT2D eigenvalue weighted by Crippen LogP contribution is 2.34. The maximum absolute atomic E-state index is 11.3. The van der Waals surface area contributed by atoms with Gasteiger partial charge in [0.15, 0.2) is 5.78 Å². The molecular weight excluding hydrogens is 266 g/mol. The van der Waals surface area contributed by atoms with Gasteiger partial charge in [-0.05, 0) is 28.9 Å². The lowest BCUT2D eigenvalue weighted by atomic mass is 10.1. The van der Waals surface area contributed by atoms with Crippen molar-refractivity contribution in [1.29, 1.82) is 0 Å². The number of benzene rings is 1. The van der Waals surface area contributed by atoms with Gasteiger partial charge >= 0.3 is 0 Å². The quantitative estimate of drug-likeness (QED) is 0.482. The van der Waals surface area contributed by atoms with Crippen molar-refractivity contribution in [2.45, 2.75) is 6.92 Å². The third-order valence-electron chi connectivity index (χ3n) is 1.85. The second kappa shape index (κ2) is 4.39. The number of rotatable bonds is 3. The Labute approximate surface area is 94.3 Å². The second-order valence-corrected chi connectivity index (χ2v) is 3.58. The van der Waals surface area contributed by atoms with E-state index in [1.54, 1.807) is 0 Å². The molecule has 0 aliphatic rings. The Hall–Kier alpha value is -1.43. The number of nitro groups is 1. The lowest BCUT2D eigenvalue weighted by molar-refractivity contribution is -0.385. The van der Waals surface area contributed by atoms with Crippen molar-refractivity contribution < 1.29 is 14.5 Å². The molecule has 6 heteroatoms. The first-order chi connectivity index (χ1) is 6.99. The molecule has 1 rings (SSSR count). The van der Waals surface area contributed by atoms with Crippen LogP contribution in [0.25, 0.3) is 0 Å². The molecule has 0 amide bonds. The van der Waals surface area contributed by atoms with Gasteiger partial charge in [-0.2, -0.15) is 0 Å². The van der Waals surface area contributed by atoms with Crippen LogP contribution in [0.5, 0.6) is 5.75 Å². The number of Topliss-reactive ketones (excluding diaryl/α,β-unsaturated/α-hetero) is 1. The molecule has 0 N–H and O–H groups in total. The number of ether oxygens (including phenoxy) is 1. The van der Waals surface area contributed by atoms with Gasteiger partial charge in [0.2, 0.25) is 0 Å². The zero-order valence-electron chi connectivity index (χ0n) is 8.11. The lowest BCUT2D eigenvalue weighted by Crippen LogP contribution is -2.01. The maximum Gasteiger partial charge on any atom is 0.284 e. The van der Waals surface area contributed by atoms with Crippen LogP contribution in [0.3, 0.4) is 0 Å². The molecule has 0 unspecified atom stereocenters. The molecule has 0 spiro atoms. The monoisotopic (exact) mass is 273 g/mol. The van der Waals surface area contributed by atoms with Gasteiger partial charge in [-0.25, -0.2) is 0 Å². The molecule has 5 nitrogen and oxygen atoms in total. The number of nitro benzene ring substituents is 1. The van der Waals surface area contributed by atoms with Gasteiger partial charge in [0.1, 0.15) is 10.2 Å². The van der Waals surface area contributed by atoms with Gasteiger partial charge in [0, 0.05) is 6.07 Å². The zero-order chi connectivity index (χ0) is 11.6. The summed E-state index contributed by atoms with van der Waals surface area (Å²) in [6.45, 7) is 1.33. The van der Waals surface area contributed by atoms with E-state index in [1.165, 1.54) is 26.2 Å². The minimum Gasteiger partial charge on any atom is -0.496 e. The van der Waals surface area contributed by atoms with Gasteiger partial charge in [0.25, 0.3) is 5.69 Å². The largest absolute Gasteiger partial charge is 0.496 e. The molecule has 1 aromatic rings. The predicted molar refractivity (Wildman–Crippen MR) is 57.4 cm³/mol. The average Bonchev–Trinajstić information content (AvgIpc) is 2.15. The van der Waals surface area contributed by atoms with Gasteiger partial charge in [-0.15, -0.1) is 0 Å². The number of halogens is 1. The summed E-state index contributed by atoms with van der Waals surface area (Å²) in [5.74, 6) is 0.0300. The highest BCUT2D eigenvalue weighted by atomic mass is 79.9. The summed E-state index contributed by atoms with van der Waals surface area (Å²) in [7, 11) is 1.40. The fourth-order valence-corrected chi connectivity index (χ4v) is 1.94. The molecule has 80 valence electrons. The number of carbonyl (C=O) groups excluding carboxylic acids is 1. The lowest BCUT2D eigenvalue weighted by Gasteiger charge is -2.07. The van der Waals surface area contributed by atoms with Crippen molar-refractivity contribution in [3.63, 3.8) is 0 Å². The maximum atomic E-state index is 11.3. The molecule has 0 saturated carbocycles. The van der Waals surface area contributed by atoms with Crippen molar-refractivity contribution >= 4 is 27.4 Å². The summed E-state index contributed by atoms with van der Waals surface area (Å²) in [5.41, 5.74) is 0.0349. The summed E-state index contributed by atoms with van der Waals surface area (Å²) in [5, 5.41) is 10.6. The third kappa shape index (κ3) is 2.15. The van der Waals surface area contributed by atoms with Crippen LogP contribution in [0, 0.1) is 10.1 Å². The van der Waals surface area contributed by atoms with Crippen molar-refractivity contribution in [1.82, 2.24) is 0 Å². The van der Waals surface area contributed by atoms with E-state index in [9.17, 15) is 14.9 Å². The van der Waals surface area contributed by atoms with Gasteiger partial charge in [-0.3, -0.25) is 14.9 Å². The van der Waals surface area contributed by atoms with Crippen LogP contribution in [0.1, 0.15) is 17.3 Å². The average molecular weight is 274 g/mol. The normalized spacial score (nSPS) is 9.80. The first kappa shape index (κ1) is 11.6. The first-order valence-corrected chi connectivity index (χ1v) is 4.80. The number of carbonyl (C=O) groups is 1. The molecule has 1 aromatic carbocycles. The van der Waals surface area contributed by atoms with Crippen LogP contribution in [-0.2, 0) is 0 Å². The number of nitrogens with zero attached hydrogens (tertiary/aromatic N) is 1. The Kier molecular flexibility index (Phi) is 3.41. The molecule has 0 aliphatic heterocycles. The van der Waals surface area contributed by atoms with Crippen LogP contribution in [-0.4, -0.2) is 17.8 Å². The van der Waals surface area contributed by atoms with Crippen molar-refractivity contribution in [3.8, 4) is 5.75 Å². The van der Waals surface area contributed by atoms with E-state index in [2.05, 4.69) is 15.9 Å². The molecule has 0 heterocycles. The number of methoxy groups -OCH3 is 1. The highest BCUT2D eigenvalue weighted by molar-refractivity contribution is 9.10. The molecule has 0 aromatic heterocycles. The summed E-state index contributed by atoms with van der Waals surface area (Å²) >= 11 is 3.03. The predicted octanol–water partition coefficient (Wildman–Crippen LogP) is 2.57. The second-order valence-electron chi connectivity index (χ2n) is 2.79. The standard InChI is InChI=1S/C9H8BrNO4/c1-5(12)8-7(15-2)4-3-6(9(8)10)11(13)14/h3-4H,1-2H3. The number of hydrogen-bond donors (Lipinski definition) is 0. The fraction of sp³-hybridized carbons (Fsp3) is 0.222. The topological polar surface area (TPSA) is 69.4 Å². The Morgan fingerprint density at radius 1 is 1.53 bits per heavy atom. The van der Waals surface area contributed by atoms with E-state index in [1.807, 2.05) is 0 Å². The summed E-state index contributed by atoms with van der Waals surface area (Å²) in [6, 6.07) is 2.69. The first-order valence-electron chi connectivity index (χ1n) is 4.00. The molecule has 0 bridgehead atoms. The summed E-state index contributed by atoms with van der Waals surface area (Å²) in [4.78, 5) is 21.3. The van der Waals surface area contributed by atoms with Crippen LogP contribution in [0.15, 0.2) is 16.6 Å². The van der Waals surface area contributed by atoms with E-state index in [0.29, 0.717) is 5.75 Å². The third-order valence-corrected chi connectivity index (χ3v) is 2.65. The highest BCUT2D eigenvalue weighted by Gasteiger charge is 2.21. The van der Waals surface area contributed by atoms with Gasteiger partial charge in [0.05, 0.1) is 17.6 Å². The fourth-order valence-electron chi connectivity index (χ4n) is 1.19. The van der Waals surface area contributed by atoms with Gasteiger partial charge < -0.3 is 4.74 Å².